The summed E-state index contributed by atoms with van der Waals surface area (Å²) in [6.07, 6.45) is 8.44. The number of rotatable bonds is 5. The Balaban J connectivity index is 1.29. The quantitative estimate of drug-likeness (QED) is 0.595. The lowest BCUT2D eigenvalue weighted by molar-refractivity contribution is 0.295. The fraction of sp³-hybridized carbons (Fsp3) is 0.440. The lowest BCUT2D eigenvalue weighted by Crippen LogP contribution is -2.45. The molecule has 0 radical (unpaired) electrons. The molecule has 0 aromatic carbocycles. The van der Waals surface area contributed by atoms with Crippen LogP contribution in [0, 0.1) is 6.92 Å². The Morgan fingerprint density at radius 1 is 1.21 bits per heavy atom. The van der Waals surface area contributed by atoms with Crippen LogP contribution in [0.2, 0.25) is 5.02 Å². The minimum absolute atomic E-state index is 0.0661. The third kappa shape index (κ3) is 4.39. The van der Waals surface area contributed by atoms with E-state index in [2.05, 4.69) is 38.2 Å². The van der Waals surface area contributed by atoms with Gasteiger partial charge in [-0.1, -0.05) is 18.5 Å². The number of methoxy groups -OCH3 is 1. The van der Waals surface area contributed by atoms with E-state index >= 15 is 0 Å². The molecule has 3 aromatic rings. The number of ether oxygens (including phenoxy) is 1. The summed E-state index contributed by atoms with van der Waals surface area (Å²) in [5, 5.41) is 4.51. The van der Waals surface area contributed by atoms with Gasteiger partial charge in [0.05, 0.1) is 23.4 Å². The number of aromatic nitrogens is 4. The topological polar surface area (TPSA) is 76.1 Å². The number of halogens is 1. The highest BCUT2D eigenvalue weighted by Gasteiger charge is 2.41. The van der Waals surface area contributed by atoms with E-state index in [0.29, 0.717) is 10.9 Å². The van der Waals surface area contributed by atoms with Gasteiger partial charge in [-0.25, -0.2) is 19.9 Å². The van der Waals surface area contributed by atoms with Gasteiger partial charge in [0.15, 0.2) is 5.82 Å². The van der Waals surface area contributed by atoms with E-state index in [0.717, 1.165) is 67.4 Å². The summed E-state index contributed by atoms with van der Waals surface area (Å²) in [5.74, 6) is 2.63. The highest BCUT2D eigenvalue weighted by molar-refractivity contribution is 6.31. The molecule has 0 bridgehead atoms. The third-order valence-corrected chi connectivity index (χ3v) is 7.24. The molecule has 1 N–H and O–H groups in total. The Kier molecular flexibility index (Phi) is 5.93. The molecular formula is C25H29ClN6O. The molecule has 1 unspecified atom stereocenters. The van der Waals surface area contributed by atoms with Crippen molar-refractivity contribution in [2.75, 3.05) is 32.1 Å². The Bertz CT molecular complexity index is 1160. The fourth-order valence-corrected chi connectivity index (χ4v) is 5.42. The number of nitrogens with zero attached hydrogens (tertiary/aromatic N) is 5. The molecule has 3 aromatic heterocycles. The number of hydrogen-bond acceptors (Lipinski definition) is 7. The monoisotopic (exact) mass is 464 g/mol. The van der Waals surface area contributed by atoms with E-state index in [1.54, 1.807) is 25.7 Å². The maximum Gasteiger partial charge on any atom is 0.213 e. The van der Waals surface area contributed by atoms with Gasteiger partial charge in [0.2, 0.25) is 5.88 Å². The fourth-order valence-electron chi connectivity index (χ4n) is 5.13. The summed E-state index contributed by atoms with van der Waals surface area (Å²) in [4.78, 5) is 20.5. The van der Waals surface area contributed by atoms with E-state index in [-0.39, 0.29) is 11.5 Å². The average Bonchev–Trinajstić information content (AvgIpc) is 3.20. The number of anilines is 1. The van der Waals surface area contributed by atoms with Crippen molar-refractivity contribution in [1.29, 1.82) is 0 Å². The second kappa shape index (κ2) is 8.88. The molecule has 0 saturated carbocycles. The molecule has 5 rings (SSSR count). The van der Waals surface area contributed by atoms with E-state index in [4.69, 9.17) is 21.3 Å². The highest BCUT2D eigenvalue weighted by Crippen LogP contribution is 2.38. The predicted molar refractivity (Wildman–Crippen MR) is 130 cm³/mol. The van der Waals surface area contributed by atoms with Crippen LogP contribution in [0.4, 0.5) is 5.82 Å². The van der Waals surface area contributed by atoms with Gasteiger partial charge in [-0.2, -0.15) is 0 Å². The molecule has 33 heavy (non-hydrogen) atoms. The normalized spacial score (nSPS) is 21.0. The number of hydrogen-bond donors (Lipinski definition) is 1. The minimum atomic E-state index is 0.0661. The second-order valence-corrected chi connectivity index (χ2v) is 9.65. The molecule has 7 nitrogen and oxygen atoms in total. The molecular weight excluding hydrogens is 436 g/mol. The van der Waals surface area contributed by atoms with Crippen LogP contribution in [-0.4, -0.2) is 57.1 Å². The largest absolute Gasteiger partial charge is 0.481 e. The van der Waals surface area contributed by atoms with Crippen molar-refractivity contribution in [2.24, 2.45) is 0 Å². The van der Waals surface area contributed by atoms with Crippen LogP contribution in [0.15, 0.2) is 36.8 Å². The SMILES string of the molecule is COc1cc(C(C)CN2CC[C@@]3(CCc4cc(-c5ncccn5)c(C)nc4N3)C2)c(Cl)cn1. The van der Waals surface area contributed by atoms with Gasteiger partial charge in [0, 0.05) is 49.9 Å². The molecule has 1 spiro atoms. The zero-order chi connectivity index (χ0) is 23.0. The third-order valence-electron chi connectivity index (χ3n) is 6.92. The van der Waals surface area contributed by atoms with Crippen LogP contribution in [0.25, 0.3) is 11.4 Å². The smallest absolute Gasteiger partial charge is 0.213 e. The van der Waals surface area contributed by atoms with Gasteiger partial charge in [-0.15, -0.1) is 0 Å². The standard InChI is InChI=1S/C25H29ClN6O/c1-16(19-12-22(33-3)29-13-21(19)26)14-32-10-7-25(15-32)6-5-18-11-20(17(2)30-23(18)31-25)24-27-8-4-9-28-24/h4,8-9,11-13,16H,5-7,10,14-15H2,1-3H3,(H,30,31)/t16?,25-/m0/s1. The summed E-state index contributed by atoms with van der Waals surface area (Å²) in [6.45, 7) is 7.25. The first-order chi connectivity index (χ1) is 16.0. The molecule has 2 aliphatic rings. The highest BCUT2D eigenvalue weighted by atomic mass is 35.5. The van der Waals surface area contributed by atoms with Gasteiger partial charge >= 0.3 is 0 Å². The minimum Gasteiger partial charge on any atom is -0.481 e. The Morgan fingerprint density at radius 2 is 2.03 bits per heavy atom. The van der Waals surface area contributed by atoms with Crippen LogP contribution in [0.1, 0.15) is 42.5 Å². The zero-order valence-corrected chi connectivity index (χ0v) is 20.1. The molecule has 0 amide bonds. The Hall–Kier alpha value is -2.77. The zero-order valence-electron chi connectivity index (χ0n) is 19.3. The molecule has 5 heterocycles. The molecule has 8 heteroatoms. The van der Waals surface area contributed by atoms with E-state index in [1.807, 2.05) is 19.1 Å². The van der Waals surface area contributed by atoms with E-state index in [9.17, 15) is 0 Å². The summed E-state index contributed by atoms with van der Waals surface area (Å²) in [5.41, 5.74) is 4.36. The van der Waals surface area contributed by atoms with Gasteiger partial charge in [-0.05, 0) is 55.4 Å². The van der Waals surface area contributed by atoms with Crippen molar-refractivity contribution in [3.63, 3.8) is 0 Å². The molecule has 2 aliphatic heterocycles. The molecule has 1 saturated heterocycles. The molecule has 1 fully saturated rings. The first-order valence-electron chi connectivity index (χ1n) is 11.4. The summed E-state index contributed by atoms with van der Waals surface area (Å²) < 4.78 is 5.29. The average molecular weight is 465 g/mol. The number of pyridine rings is 2. The second-order valence-electron chi connectivity index (χ2n) is 9.24. The van der Waals surface area contributed by atoms with Crippen molar-refractivity contribution in [2.45, 2.75) is 44.6 Å². The van der Waals surface area contributed by atoms with Gasteiger partial charge in [0.1, 0.15) is 5.82 Å². The Labute approximate surface area is 199 Å². The van der Waals surface area contributed by atoms with Crippen LogP contribution in [0.3, 0.4) is 0 Å². The number of aryl methyl sites for hydroxylation is 2. The maximum atomic E-state index is 6.44. The maximum absolute atomic E-state index is 6.44. The van der Waals surface area contributed by atoms with Crippen molar-refractivity contribution < 1.29 is 4.74 Å². The van der Waals surface area contributed by atoms with Crippen LogP contribution in [0.5, 0.6) is 5.88 Å². The van der Waals surface area contributed by atoms with Crippen LogP contribution < -0.4 is 10.1 Å². The Morgan fingerprint density at radius 3 is 2.82 bits per heavy atom. The molecule has 2 atom stereocenters. The van der Waals surface area contributed by atoms with Crippen molar-refractivity contribution in [3.8, 4) is 17.3 Å². The van der Waals surface area contributed by atoms with E-state index < -0.39 is 0 Å². The predicted octanol–water partition coefficient (Wildman–Crippen LogP) is 4.51. The van der Waals surface area contributed by atoms with Crippen molar-refractivity contribution in [1.82, 2.24) is 24.8 Å². The molecule has 172 valence electrons. The van der Waals surface area contributed by atoms with Crippen LogP contribution >= 0.6 is 11.6 Å². The van der Waals surface area contributed by atoms with Gasteiger partial charge in [-0.3, -0.25) is 0 Å². The first-order valence-corrected chi connectivity index (χ1v) is 11.8. The van der Waals surface area contributed by atoms with Crippen molar-refractivity contribution >= 4 is 17.4 Å². The summed E-state index contributed by atoms with van der Waals surface area (Å²) >= 11 is 6.44. The van der Waals surface area contributed by atoms with Crippen LogP contribution in [-0.2, 0) is 6.42 Å². The first kappa shape index (κ1) is 22.0. The van der Waals surface area contributed by atoms with Gasteiger partial charge < -0.3 is 15.0 Å². The lowest BCUT2D eigenvalue weighted by atomic mass is 9.86. The van der Waals surface area contributed by atoms with Gasteiger partial charge in [0.25, 0.3) is 0 Å². The number of nitrogens with one attached hydrogen (secondary N) is 1. The number of fused-ring (bicyclic) bond motifs is 1. The van der Waals surface area contributed by atoms with E-state index in [1.165, 1.54) is 5.56 Å². The summed E-state index contributed by atoms with van der Waals surface area (Å²) in [6, 6.07) is 6.00. The van der Waals surface area contributed by atoms with Crippen molar-refractivity contribution in [3.05, 3.63) is 58.6 Å². The lowest BCUT2D eigenvalue weighted by Gasteiger charge is -2.37. The summed E-state index contributed by atoms with van der Waals surface area (Å²) in [7, 11) is 1.63. The number of likely N-dealkylation sites (tertiary alicyclic amines) is 1. The molecule has 0 aliphatic carbocycles.